The lowest BCUT2D eigenvalue weighted by molar-refractivity contribution is -0.164. The Kier molecular flexibility index (Phi) is 3.04. The molecule has 18 heavy (non-hydrogen) atoms. The van der Waals surface area contributed by atoms with Gasteiger partial charge in [0.2, 0.25) is 5.91 Å². The van der Waals surface area contributed by atoms with Crippen LogP contribution in [0.25, 0.3) is 0 Å². The Morgan fingerprint density at radius 2 is 2.11 bits per heavy atom. The molecule has 1 fully saturated rings. The second-order valence-electron chi connectivity index (χ2n) is 5.11. The minimum Gasteiger partial charge on any atom is -0.375 e. The standard InChI is InChI=1S/C12H17NO5/c1-7(15)13-8-4-5-12(16,6-14)10-9(8)17-11(2,3)18-10/h4-6,8-10,16H,1-3H3,(H,13,15)/t8-,9+,10+,12-/m1/s1. The van der Waals surface area contributed by atoms with E-state index >= 15 is 0 Å². The first-order valence-electron chi connectivity index (χ1n) is 5.78. The monoisotopic (exact) mass is 255 g/mol. The van der Waals surface area contributed by atoms with E-state index < -0.39 is 29.6 Å². The fourth-order valence-electron chi connectivity index (χ4n) is 2.34. The average Bonchev–Trinajstić information content (AvgIpc) is 2.59. The first kappa shape index (κ1) is 13.2. The molecule has 0 aromatic carbocycles. The van der Waals surface area contributed by atoms with Crippen molar-refractivity contribution < 1.29 is 24.2 Å². The summed E-state index contributed by atoms with van der Waals surface area (Å²) in [6, 6.07) is -0.422. The molecule has 100 valence electrons. The maximum atomic E-state index is 11.1. The average molecular weight is 255 g/mol. The van der Waals surface area contributed by atoms with Crippen molar-refractivity contribution in [1.82, 2.24) is 5.32 Å². The minimum atomic E-state index is -1.71. The van der Waals surface area contributed by atoms with Gasteiger partial charge in [-0.05, 0) is 19.9 Å². The molecular weight excluding hydrogens is 238 g/mol. The first-order chi connectivity index (χ1) is 8.27. The molecular formula is C12H17NO5. The Bertz CT molecular complexity index is 405. The van der Waals surface area contributed by atoms with Gasteiger partial charge in [-0.1, -0.05) is 6.08 Å². The lowest BCUT2D eigenvalue weighted by atomic mass is 9.84. The van der Waals surface area contributed by atoms with Crippen LogP contribution in [-0.2, 0) is 19.1 Å². The Morgan fingerprint density at radius 1 is 1.44 bits per heavy atom. The van der Waals surface area contributed by atoms with Gasteiger partial charge < -0.3 is 19.9 Å². The van der Waals surface area contributed by atoms with Crippen molar-refractivity contribution in [3.63, 3.8) is 0 Å². The van der Waals surface area contributed by atoms with E-state index in [1.807, 2.05) is 0 Å². The molecule has 4 atom stereocenters. The number of ether oxygens (including phenoxy) is 2. The fraction of sp³-hybridized carbons (Fsp3) is 0.667. The largest absolute Gasteiger partial charge is 0.375 e. The van der Waals surface area contributed by atoms with Crippen molar-refractivity contribution in [3.8, 4) is 0 Å². The normalized spacial score (nSPS) is 41.2. The number of carbonyl (C=O) groups excluding carboxylic acids is 2. The lowest BCUT2D eigenvalue weighted by Crippen LogP contribution is -2.58. The van der Waals surface area contributed by atoms with Gasteiger partial charge in [0.15, 0.2) is 17.7 Å². The Morgan fingerprint density at radius 3 is 2.67 bits per heavy atom. The molecule has 6 nitrogen and oxygen atoms in total. The summed E-state index contributed by atoms with van der Waals surface area (Å²) in [6.45, 7) is 4.78. The summed E-state index contributed by atoms with van der Waals surface area (Å²) in [7, 11) is 0. The summed E-state index contributed by atoms with van der Waals surface area (Å²) in [5, 5.41) is 12.9. The molecule has 0 spiro atoms. The number of nitrogens with one attached hydrogen (secondary N) is 1. The SMILES string of the molecule is CC(=O)N[C@@H]1C=C[C@@](O)(C=O)[C@H]2OC(C)(C)O[C@@H]12. The molecule has 1 saturated heterocycles. The lowest BCUT2D eigenvalue weighted by Gasteiger charge is -2.35. The summed E-state index contributed by atoms with van der Waals surface area (Å²) in [5.41, 5.74) is -1.71. The van der Waals surface area contributed by atoms with E-state index in [0.29, 0.717) is 6.29 Å². The molecule has 0 bridgehead atoms. The zero-order valence-corrected chi connectivity index (χ0v) is 10.5. The van der Waals surface area contributed by atoms with Crippen molar-refractivity contribution in [2.45, 2.75) is 50.4 Å². The fourth-order valence-corrected chi connectivity index (χ4v) is 2.34. The summed E-state index contributed by atoms with van der Waals surface area (Å²) in [6.07, 6.45) is 1.90. The molecule has 2 aliphatic rings. The van der Waals surface area contributed by atoms with Gasteiger partial charge in [-0.25, -0.2) is 0 Å². The van der Waals surface area contributed by atoms with Gasteiger partial charge in [-0.15, -0.1) is 0 Å². The van der Waals surface area contributed by atoms with E-state index in [1.165, 1.54) is 13.0 Å². The van der Waals surface area contributed by atoms with Crippen LogP contribution in [0, 0.1) is 0 Å². The van der Waals surface area contributed by atoms with Crippen LogP contribution in [-0.4, -0.2) is 46.9 Å². The van der Waals surface area contributed by atoms with Crippen LogP contribution in [0.15, 0.2) is 12.2 Å². The number of fused-ring (bicyclic) bond motifs is 1. The summed E-state index contributed by atoms with van der Waals surface area (Å²) in [4.78, 5) is 22.2. The van der Waals surface area contributed by atoms with Crippen LogP contribution in [0.1, 0.15) is 20.8 Å². The predicted octanol–water partition coefficient (Wildman–Crippen LogP) is -0.489. The van der Waals surface area contributed by atoms with E-state index in [9.17, 15) is 14.7 Å². The minimum absolute atomic E-state index is 0.215. The molecule has 0 saturated carbocycles. The summed E-state index contributed by atoms with van der Waals surface area (Å²) in [5.74, 6) is -1.12. The van der Waals surface area contributed by atoms with Crippen LogP contribution >= 0.6 is 0 Å². The van der Waals surface area contributed by atoms with Gasteiger partial charge in [0.1, 0.15) is 12.2 Å². The van der Waals surface area contributed by atoms with E-state index in [4.69, 9.17) is 9.47 Å². The van der Waals surface area contributed by atoms with E-state index in [0.717, 1.165) is 0 Å². The van der Waals surface area contributed by atoms with Gasteiger partial charge >= 0.3 is 0 Å². The Hall–Kier alpha value is -1.24. The van der Waals surface area contributed by atoms with Crippen LogP contribution in [0.5, 0.6) is 0 Å². The van der Waals surface area contributed by atoms with Gasteiger partial charge in [0, 0.05) is 6.92 Å². The number of aldehydes is 1. The highest BCUT2D eigenvalue weighted by molar-refractivity contribution is 5.74. The number of hydrogen-bond donors (Lipinski definition) is 2. The van der Waals surface area contributed by atoms with Gasteiger partial charge in [-0.2, -0.15) is 0 Å². The maximum absolute atomic E-state index is 11.1. The number of amides is 1. The Balaban J connectivity index is 2.31. The van der Waals surface area contributed by atoms with E-state index in [2.05, 4.69) is 5.32 Å². The quantitative estimate of drug-likeness (QED) is 0.514. The highest BCUT2D eigenvalue weighted by Gasteiger charge is 2.55. The predicted molar refractivity (Wildman–Crippen MR) is 61.6 cm³/mol. The highest BCUT2D eigenvalue weighted by atomic mass is 16.8. The zero-order chi connectivity index (χ0) is 13.6. The van der Waals surface area contributed by atoms with Crippen molar-refractivity contribution in [3.05, 3.63) is 12.2 Å². The molecule has 2 N–H and O–H groups in total. The van der Waals surface area contributed by atoms with Crippen molar-refractivity contribution in [2.75, 3.05) is 0 Å². The van der Waals surface area contributed by atoms with Crippen molar-refractivity contribution in [1.29, 1.82) is 0 Å². The second-order valence-corrected chi connectivity index (χ2v) is 5.11. The number of hydrogen-bond acceptors (Lipinski definition) is 5. The van der Waals surface area contributed by atoms with Gasteiger partial charge in [-0.3, -0.25) is 9.59 Å². The third kappa shape index (κ3) is 2.19. The summed E-state index contributed by atoms with van der Waals surface area (Å²) < 4.78 is 11.2. The molecule has 0 aromatic rings. The third-order valence-corrected chi connectivity index (χ3v) is 3.07. The molecule has 0 unspecified atom stereocenters. The number of rotatable bonds is 2. The topological polar surface area (TPSA) is 84.9 Å². The molecule has 0 aromatic heterocycles. The van der Waals surface area contributed by atoms with Crippen molar-refractivity contribution >= 4 is 12.2 Å². The third-order valence-electron chi connectivity index (χ3n) is 3.07. The molecule has 1 heterocycles. The van der Waals surface area contributed by atoms with Crippen LogP contribution in [0.4, 0.5) is 0 Å². The highest BCUT2D eigenvalue weighted by Crippen LogP contribution is 2.38. The molecule has 0 radical (unpaired) electrons. The maximum Gasteiger partial charge on any atom is 0.217 e. The number of aliphatic hydroxyl groups is 1. The second kappa shape index (κ2) is 4.15. The van der Waals surface area contributed by atoms with Gasteiger partial charge in [0.25, 0.3) is 0 Å². The molecule has 1 aliphatic carbocycles. The van der Waals surface area contributed by atoms with Crippen LogP contribution < -0.4 is 5.32 Å². The van der Waals surface area contributed by atoms with E-state index in [-0.39, 0.29) is 5.91 Å². The Labute approximate surface area is 105 Å². The molecule has 1 aliphatic heterocycles. The molecule has 1 amide bonds. The van der Waals surface area contributed by atoms with Crippen molar-refractivity contribution in [2.24, 2.45) is 0 Å². The number of carbonyl (C=O) groups is 2. The van der Waals surface area contributed by atoms with Gasteiger partial charge in [0.05, 0.1) is 6.04 Å². The zero-order valence-electron chi connectivity index (χ0n) is 10.5. The first-order valence-corrected chi connectivity index (χ1v) is 5.78. The molecule has 2 rings (SSSR count). The summed E-state index contributed by atoms with van der Waals surface area (Å²) >= 11 is 0. The smallest absolute Gasteiger partial charge is 0.217 e. The van der Waals surface area contributed by atoms with E-state index in [1.54, 1.807) is 19.9 Å². The van der Waals surface area contributed by atoms with Crippen LogP contribution in [0.3, 0.4) is 0 Å². The molecule has 6 heteroatoms. The van der Waals surface area contributed by atoms with Crippen LogP contribution in [0.2, 0.25) is 0 Å².